The van der Waals surface area contributed by atoms with Crippen molar-refractivity contribution in [2.75, 3.05) is 13.7 Å². The predicted molar refractivity (Wildman–Crippen MR) is 100 cm³/mol. The third kappa shape index (κ3) is 5.82. The largest absolute Gasteiger partial charge is 0.493 e. The Morgan fingerprint density at radius 3 is 2.40 bits per heavy atom. The first kappa shape index (κ1) is 18.8. The summed E-state index contributed by atoms with van der Waals surface area (Å²) in [6.45, 7) is 4.65. The zero-order valence-corrected chi connectivity index (χ0v) is 15.2. The van der Waals surface area contributed by atoms with Crippen LogP contribution in [0.4, 0.5) is 0 Å². The lowest BCUT2D eigenvalue weighted by Crippen LogP contribution is -2.38. The zero-order valence-electron chi connectivity index (χ0n) is 15.2. The van der Waals surface area contributed by atoms with Crippen molar-refractivity contribution >= 4 is 5.91 Å². The number of nitrogens with one attached hydrogen (secondary N) is 1. The summed E-state index contributed by atoms with van der Waals surface area (Å²) in [5, 5.41) is 2.97. The van der Waals surface area contributed by atoms with Crippen LogP contribution in [-0.4, -0.2) is 25.7 Å². The first-order valence-electron chi connectivity index (χ1n) is 8.77. The van der Waals surface area contributed by atoms with Gasteiger partial charge in [0.25, 0.3) is 5.91 Å². The molecule has 4 nitrogen and oxygen atoms in total. The van der Waals surface area contributed by atoms with Gasteiger partial charge in [0.15, 0.2) is 17.6 Å². The van der Waals surface area contributed by atoms with Crippen LogP contribution in [0.15, 0.2) is 48.5 Å². The SMILES string of the molecule is CCC(Oc1ccccc1OC)C(=O)NCCCc1ccc(C)cc1. The van der Waals surface area contributed by atoms with Gasteiger partial charge in [0.2, 0.25) is 0 Å². The number of hydrogen-bond acceptors (Lipinski definition) is 3. The second-order valence-electron chi connectivity index (χ2n) is 6.05. The van der Waals surface area contributed by atoms with E-state index in [0.717, 1.165) is 12.8 Å². The lowest BCUT2D eigenvalue weighted by Gasteiger charge is -2.18. The highest BCUT2D eigenvalue weighted by molar-refractivity contribution is 5.81. The molecule has 0 radical (unpaired) electrons. The van der Waals surface area contributed by atoms with E-state index in [4.69, 9.17) is 9.47 Å². The molecule has 1 amide bonds. The van der Waals surface area contributed by atoms with Gasteiger partial charge in [-0.2, -0.15) is 0 Å². The number of aryl methyl sites for hydroxylation is 2. The van der Waals surface area contributed by atoms with E-state index in [0.29, 0.717) is 24.5 Å². The Morgan fingerprint density at radius 2 is 1.76 bits per heavy atom. The van der Waals surface area contributed by atoms with Crippen molar-refractivity contribution in [3.8, 4) is 11.5 Å². The van der Waals surface area contributed by atoms with Crippen LogP contribution < -0.4 is 14.8 Å². The van der Waals surface area contributed by atoms with E-state index in [-0.39, 0.29) is 5.91 Å². The van der Waals surface area contributed by atoms with Gasteiger partial charge in [-0.1, -0.05) is 48.9 Å². The molecule has 2 aromatic rings. The van der Waals surface area contributed by atoms with Gasteiger partial charge in [-0.25, -0.2) is 0 Å². The minimum atomic E-state index is -0.518. The first-order chi connectivity index (χ1) is 12.1. The van der Waals surface area contributed by atoms with E-state index < -0.39 is 6.10 Å². The number of benzene rings is 2. The van der Waals surface area contributed by atoms with Crippen LogP contribution in [0.2, 0.25) is 0 Å². The number of carbonyl (C=O) groups is 1. The molecule has 25 heavy (non-hydrogen) atoms. The molecule has 0 saturated heterocycles. The van der Waals surface area contributed by atoms with Gasteiger partial charge in [0.05, 0.1) is 7.11 Å². The fraction of sp³-hybridized carbons (Fsp3) is 0.381. The third-order valence-corrected chi connectivity index (χ3v) is 4.06. The maximum atomic E-state index is 12.4. The number of ether oxygens (including phenoxy) is 2. The molecule has 0 aliphatic rings. The first-order valence-corrected chi connectivity index (χ1v) is 8.77. The molecule has 0 spiro atoms. The third-order valence-electron chi connectivity index (χ3n) is 4.06. The molecule has 2 aromatic carbocycles. The number of amides is 1. The zero-order chi connectivity index (χ0) is 18.1. The smallest absolute Gasteiger partial charge is 0.261 e. The van der Waals surface area contributed by atoms with Gasteiger partial charge < -0.3 is 14.8 Å². The molecule has 0 bridgehead atoms. The average molecular weight is 341 g/mol. The van der Waals surface area contributed by atoms with Crippen molar-refractivity contribution < 1.29 is 14.3 Å². The fourth-order valence-corrected chi connectivity index (χ4v) is 2.56. The summed E-state index contributed by atoms with van der Waals surface area (Å²) in [6.07, 6.45) is 1.93. The second kappa shape index (κ2) is 9.72. The van der Waals surface area contributed by atoms with Crippen LogP contribution in [0, 0.1) is 6.92 Å². The van der Waals surface area contributed by atoms with E-state index in [1.807, 2.05) is 31.2 Å². The monoisotopic (exact) mass is 341 g/mol. The van der Waals surface area contributed by atoms with Crippen molar-refractivity contribution in [1.29, 1.82) is 0 Å². The van der Waals surface area contributed by atoms with Gasteiger partial charge in [-0.3, -0.25) is 4.79 Å². The van der Waals surface area contributed by atoms with Gasteiger partial charge in [-0.15, -0.1) is 0 Å². The van der Waals surface area contributed by atoms with Gasteiger partial charge >= 0.3 is 0 Å². The minimum Gasteiger partial charge on any atom is -0.493 e. The molecule has 0 fully saturated rings. The molecule has 1 N–H and O–H groups in total. The second-order valence-corrected chi connectivity index (χ2v) is 6.05. The lowest BCUT2D eigenvalue weighted by molar-refractivity contribution is -0.128. The van der Waals surface area contributed by atoms with E-state index >= 15 is 0 Å². The molecular weight excluding hydrogens is 314 g/mol. The Morgan fingerprint density at radius 1 is 1.08 bits per heavy atom. The maximum Gasteiger partial charge on any atom is 0.261 e. The maximum absolute atomic E-state index is 12.4. The van der Waals surface area contributed by atoms with E-state index in [1.54, 1.807) is 7.11 Å². The molecule has 2 rings (SSSR count). The summed E-state index contributed by atoms with van der Waals surface area (Å²) >= 11 is 0. The van der Waals surface area contributed by atoms with Crippen LogP contribution in [0.1, 0.15) is 30.9 Å². The molecule has 0 heterocycles. The summed E-state index contributed by atoms with van der Waals surface area (Å²) in [4.78, 5) is 12.4. The highest BCUT2D eigenvalue weighted by atomic mass is 16.5. The van der Waals surface area contributed by atoms with Crippen molar-refractivity contribution in [3.63, 3.8) is 0 Å². The highest BCUT2D eigenvalue weighted by Crippen LogP contribution is 2.27. The molecule has 4 heteroatoms. The van der Waals surface area contributed by atoms with Crippen molar-refractivity contribution in [2.45, 2.75) is 39.2 Å². The van der Waals surface area contributed by atoms with Crippen LogP contribution in [0.25, 0.3) is 0 Å². The van der Waals surface area contributed by atoms with Crippen LogP contribution >= 0.6 is 0 Å². The van der Waals surface area contributed by atoms with Crippen LogP contribution in [0.5, 0.6) is 11.5 Å². The predicted octanol–water partition coefficient (Wildman–Crippen LogP) is 3.91. The van der Waals surface area contributed by atoms with Crippen molar-refractivity contribution in [3.05, 3.63) is 59.7 Å². The Balaban J connectivity index is 1.80. The topological polar surface area (TPSA) is 47.6 Å². The fourth-order valence-electron chi connectivity index (χ4n) is 2.56. The number of hydrogen-bond donors (Lipinski definition) is 1. The van der Waals surface area contributed by atoms with E-state index in [1.165, 1.54) is 11.1 Å². The average Bonchev–Trinajstić information content (AvgIpc) is 2.64. The van der Waals surface area contributed by atoms with Crippen molar-refractivity contribution in [2.24, 2.45) is 0 Å². The Hall–Kier alpha value is -2.49. The standard InChI is InChI=1S/C21H27NO3/c1-4-18(25-20-10-6-5-9-19(20)24-3)21(23)22-15-7-8-17-13-11-16(2)12-14-17/h5-6,9-14,18H,4,7-8,15H2,1-3H3,(H,22,23). The minimum absolute atomic E-state index is 0.0858. The van der Waals surface area contributed by atoms with Crippen LogP contribution in [0.3, 0.4) is 0 Å². The molecule has 0 saturated carbocycles. The lowest BCUT2D eigenvalue weighted by atomic mass is 10.1. The Labute approximate surface area is 150 Å². The van der Waals surface area contributed by atoms with Gasteiger partial charge in [-0.05, 0) is 43.9 Å². The highest BCUT2D eigenvalue weighted by Gasteiger charge is 2.19. The Kier molecular flexibility index (Phi) is 7.33. The molecule has 0 aliphatic carbocycles. The molecule has 1 atom stereocenters. The summed E-state index contributed by atoms with van der Waals surface area (Å²) in [5.41, 5.74) is 2.55. The molecular formula is C21H27NO3. The normalized spacial score (nSPS) is 11.6. The summed E-state index contributed by atoms with van der Waals surface area (Å²) in [7, 11) is 1.59. The van der Waals surface area contributed by atoms with Gasteiger partial charge in [0, 0.05) is 6.54 Å². The molecule has 1 unspecified atom stereocenters. The molecule has 0 aromatic heterocycles. The van der Waals surface area contributed by atoms with Crippen molar-refractivity contribution in [1.82, 2.24) is 5.32 Å². The number of para-hydroxylation sites is 2. The molecule has 134 valence electrons. The van der Waals surface area contributed by atoms with Gasteiger partial charge in [0.1, 0.15) is 0 Å². The molecule has 0 aliphatic heterocycles. The summed E-state index contributed by atoms with van der Waals surface area (Å²) < 4.78 is 11.1. The Bertz CT molecular complexity index is 667. The number of rotatable bonds is 9. The number of methoxy groups -OCH3 is 1. The number of carbonyl (C=O) groups excluding carboxylic acids is 1. The summed E-state index contributed by atoms with van der Waals surface area (Å²) in [5.74, 6) is 1.14. The quantitative estimate of drug-likeness (QED) is 0.704. The van der Waals surface area contributed by atoms with Crippen LogP contribution in [-0.2, 0) is 11.2 Å². The summed E-state index contributed by atoms with van der Waals surface area (Å²) in [6, 6.07) is 15.9. The van der Waals surface area contributed by atoms with E-state index in [9.17, 15) is 4.79 Å². The van der Waals surface area contributed by atoms with E-state index in [2.05, 4.69) is 36.5 Å².